The molecule has 4 rings (SSSR count). The molecular weight excluding hydrogens is 969 g/mol. The van der Waals surface area contributed by atoms with E-state index in [2.05, 4.69) is 43.4 Å². The molecule has 4 N–H and O–H groups in total. The van der Waals surface area contributed by atoms with Gasteiger partial charge in [0.15, 0.2) is 32.0 Å². The first-order valence-electron chi connectivity index (χ1n) is 14.4. The quantitative estimate of drug-likeness (QED) is 0.00955. The van der Waals surface area contributed by atoms with Crippen LogP contribution in [0.15, 0.2) is 101 Å². The molecule has 4 aromatic carbocycles. The first kappa shape index (κ1) is 60.0. The summed E-state index contributed by atoms with van der Waals surface area (Å²) in [6.45, 7) is -1.31. The van der Waals surface area contributed by atoms with Crippen LogP contribution < -0.4 is 140 Å². The Kier molecular flexibility index (Phi) is 26.9. The molecule has 0 aliphatic heterocycles. The molecule has 0 amide bonds. The van der Waals surface area contributed by atoms with Gasteiger partial charge >= 0.3 is 118 Å². The second-order valence-electron chi connectivity index (χ2n) is 10.3. The van der Waals surface area contributed by atoms with Gasteiger partial charge in [-0.05, 0) is 53.9 Å². The number of rotatable bonds is 20. The summed E-state index contributed by atoms with van der Waals surface area (Å²) in [6.07, 6.45) is 0. The van der Waals surface area contributed by atoms with E-state index < -0.39 is 85.9 Å². The molecule has 34 heteroatoms. The maximum absolute atomic E-state index is 12.7. The van der Waals surface area contributed by atoms with E-state index in [0.717, 1.165) is 12.1 Å². The molecule has 0 fully saturated rings. The van der Waals surface area contributed by atoms with E-state index in [-0.39, 0.29) is 174 Å². The van der Waals surface area contributed by atoms with Crippen molar-refractivity contribution in [2.45, 2.75) is 19.6 Å². The predicted octanol–water partition coefficient (Wildman–Crippen LogP) is -10.2. The molecule has 0 aliphatic rings. The van der Waals surface area contributed by atoms with Crippen LogP contribution in [0.4, 0.5) is 34.1 Å². The van der Waals surface area contributed by atoms with Gasteiger partial charge in [0.2, 0.25) is 10.4 Å². The third-order valence-electron chi connectivity index (χ3n) is 6.86. The van der Waals surface area contributed by atoms with Crippen molar-refractivity contribution in [2.75, 3.05) is 36.2 Å². The number of azo groups is 2. The molecule has 60 heavy (non-hydrogen) atoms. The van der Waals surface area contributed by atoms with Crippen molar-refractivity contribution in [3.05, 3.63) is 60.7 Å². The van der Waals surface area contributed by atoms with E-state index in [1.54, 1.807) is 0 Å². The largest absolute Gasteiger partial charge is 1.00 e. The fraction of sp³-hybridized carbons (Fsp3) is 0.154. The zero-order valence-electron chi connectivity index (χ0n) is 31.3. The van der Waals surface area contributed by atoms with Crippen molar-refractivity contribution >= 4 is 109 Å². The molecule has 0 aromatic heterocycles. The van der Waals surface area contributed by atoms with Gasteiger partial charge in [-0.15, -0.1) is 19.7 Å². The van der Waals surface area contributed by atoms with Crippen molar-refractivity contribution in [2.24, 2.45) is 20.5 Å². The van der Waals surface area contributed by atoms with Crippen LogP contribution in [0.3, 0.4) is 0 Å². The number of sulfone groups is 2. The number of anilines is 2. The Morgan fingerprint density at radius 2 is 1.22 bits per heavy atom. The molecule has 0 saturated carbocycles. The molecular formula is C26H22N6Na4O18S6. The Bertz CT molecular complexity index is 2600. The van der Waals surface area contributed by atoms with Gasteiger partial charge in [0.1, 0.15) is 27.2 Å². The number of benzene rings is 4. The van der Waals surface area contributed by atoms with E-state index in [1.807, 2.05) is 0 Å². The minimum atomic E-state index is -5.29. The summed E-state index contributed by atoms with van der Waals surface area (Å²) in [5, 5.41) is 43.0. The van der Waals surface area contributed by atoms with E-state index >= 15 is 0 Å². The second kappa shape index (κ2) is 26.9. The van der Waals surface area contributed by atoms with Crippen LogP contribution in [0.1, 0.15) is 0 Å². The van der Waals surface area contributed by atoms with Crippen molar-refractivity contribution in [3.63, 3.8) is 0 Å². The smallest absolute Gasteiger partial charge is 0.744 e. The first-order valence-corrected chi connectivity index (χ1v) is 21.8. The first-order chi connectivity index (χ1) is 26.3. The Morgan fingerprint density at radius 3 is 1.82 bits per heavy atom. The number of fused-ring (bicyclic) bond motifs is 1. The summed E-state index contributed by atoms with van der Waals surface area (Å²) < 4.78 is 136. The van der Waals surface area contributed by atoms with Crippen LogP contribution in [0.25, 0.3) is 10.8 Å². The van der Waals surface area contributed by atoms with E-state index in [4.69, 9.17) is 15.7 Å². The van der Waals surface area contributed by atoms with Crippen LogP contribution in [0.5, 0.6) is 0 Å². The van der Waals surface area contributed by atoms with Gasteiger partial charge in [-0.3, -0.25) is 18.4 Å². The van der Waals surface area contributed by atoms with Crippen molar-refractivity contribution in [1.82, 2.24) is 0 Å². The monoisotopic (exact) mass is 990 g/mol. The van der Waals surface area contributed by atoms with Gasteiger partial charge in [0.05, 0.1) is 73.4 Å². The molecule has 0 heterocycles. The van der Waals surface area contributed by atoms with Crippen LogP contribution in [0, 0.1) is 0 Å². The number of nitrogens with zero attached hydrogens (tertiary/aromatic N) is 4. The molecule has 304 valence electrons. The molecule has 0 radical (unpaired) electrons. The summed E-state index contributed by atoms with van der Waals surface area (Å²) in [7, 11) is -18.5. The van der Waals surface area contributed by atoms with Crippen molar-refractivity contribution in [3.8, 4) is 0 Å². The third-order valence-corrected chi connectivity index (χ3v) is 12.7. The van der Waals surface area contributed by atoms with Gasteiger partial charge in [-0.1, -0.05) is 12.1 Å². The molecule has 0 saturated heterocycles. The maximum Gasteiger partial charge on any atom is 1.00 e. The minimum Gasteiger partial charge on any atom is -0.744 e. The summed E-state index contributed by atoms with van der Waals surface area (Å²) >= 11 is 0.445. The molecule has 0 aliphatic carbocycles. The molecule has 0 spiro atoms. The van der Waals surface area contributed by atoms with Crippen molar-refractivity contribution < 1.29 is 199 Å². The number of nitrogens with two attached hydrogens (primary N) is 2. The van der Waals surface area contributed by atoms with Gasteiger partial charge in [-0.25, -0.2) is 33.7 Å². The zero-order chi connectivity index (χ0) is 41.3. The normalized spacial score (nSPS) is 12.1. The maximum atomic E-state index is 12.7. The summed E-state index contributed by atoms with van der Waals surface area (Å²) in [6, 6.07) is 11.7. The van der Waals surface area contributed by atoms with Gasteiger partial charge < -0.3 is 31.1 Å². The molecule has 0 unspecified atom stereocenters. The molecule has 24 nitrogen and oxygen atoms in total. The standard InChI is InChI=1S/C26H26N6O18S6.4Na/c27-23-21(31-29-16-2-4-17(5-3-16)53(35,36)11-9-45-52-50-48-34)14-22(55(39,40)41)24(28)25(23)32-30-20-8-1-15-13-18(6-7-19(15)26(20)51-49-47-33)54(37,38)12-10-46-56(42,43)44;;;;/h1-8,13-14,33-34H,9-12,27-28H2,(H,39,40,41)(H,42,43,44);;;;/q;4*+1/p-4. The summed E-state index contributed by atoms with van der Waals surface area (Å²) in [5.74, 6) is -1.37. The van der Waals surface area contributed by atoms with Gasteiger partial charge in [-0.2, -0.15) is 9.45 Å². The summed E-state index contributed by atoms with van der Waals surface area (Å²) in [5.41, 5.74) is 9.92. The van der Waals surface area contributed by atoms with Gasteiger partial charge in [0, 0.05) is 5.39 Å². The number of nitrogen functional groups attached to an aromatic ring is 2. The van der Waals surface area contributed by atoms with Crippen LogP contribution >= 0.6 is 24.4 Å². The predicted molar refractivity (Wildman–Crippen MR) is 185 cm³/mol. The van der Waals surface area contributed by atoms with E-state index in [1.165, 1.54) is 48.5 Å². The number of hydrogen-bond donors (Lipinski definition) is 2. The van der Waals surface area contributed by atoms with E-state index in [9.17, 15) is 53.3 Å². The average Bonchev–Trinajstić information content (AvgIpc) is 3.12. The second-order valence-corrected chi connectivity index (χ2v) is 18.2. The Morgan fingerprint density at radius 1 is 0.633 bits per heavy atom. The van der Waals surface area contributed by atoms with E-state index in [0.29, 0.717) is 12.0 Å². The Balaban J connectivity index is 0.00000870. The molecule has 0 atom stereocenters. The molecule has 4 aromatic rings. The minimum absolute atomic E-state index is 0. The summed E-state index contributed by atoms with van der Waals surface area (Å²) in [4.78, 5) is -1.47. The SMILES string of the molecule is Nc1c(N=Nc2ccc(S(=O)(=O)CCOSOO[O-])cc2)cc(S(=O)(=O)[O-])c(N)c1N=Nc1ccc2cc(S(=O)(=O)CCOS(=O)(=O)[O-])ccc2c1SOO[O-].[Na+].[Na+].[Na+].[Na+]. The fourth-order valence-corrected chi connectivity index (χ4v) is 8.47. The van der Waals surface area contributed by atoms with Crippen LogP contribution in [0.2, 0.25) is 0 Å². The fourth-order valence-electron chi connectivity index (χ4n) is 4.36. The van der Waals surface area contributed by atoms with Crippen LogP contribution in [-0.2, 0) is 67.3 Å². The number of hydrogen-bond acceptors (Lipinski definition) is 26. The topological polar surface area (TPSA) is 386 Å². The Labute approximate surface area is 438 Å². The average molecular weight is 991 g/mol. The third kappa shape index (κ3) is 17.4. The van der Waals surface area contributed by atoms with Gasteiger partial charge in [0.25, 0.3) is 0 Å². The Hall–Kier alpha value is 0.0400. The van der Waals surface area contributed by atoms with Crippen molar-refractivity contribution in [1.29, 1.82) is 0 Å². The zero-order valence-corrected chi connectivity index (χ0v) is 44.2. The molecule has 0 bridgehead atoms. The van der Waals surface area contributed by atoms with Crippen LogP contribution in [-0.4, -0.2) is 67.5 Å².